The largest absolute Gasteiger partial charge is 0.493 e. The minimum Gasteiger partial charge on any atom is -0.493 e. The first-order chi connectivity index (χ1) is 9.26. The van der Waals surface area contributed by atoms with E-state index in [4.69, 9.17) is 10.5 Å². The number of rotatable bonds is 5. The molecule has 0 spiro atoms. The summed E-state index contributed by atoms with van der Waals surface area (Å²) < 4.78 is 5.77. The van der Waals surface area contributed by atoms with E-state index in [0.717, 1.165) is 41.3 Å². The van der Waals surface area contributed by atoms with Gasteiger partial charge in [-0.1, -0.05) is 25.1 Å². The molecule has 19 heavy (non-hydrogen) atoms. The van der Waals surface area contributed by atoms with E-state index in [1.165, 1.54) is 0 Å². The van der Waals surface area contributed by atoms with Crippen LogP contribution >= 0.6 is 0 Å². The highest BCUT2D eigenvalue weighted by Crippen LogP contribution is 2.29. The van der Waals surface area contributed by atoms with E-state index in [1.807, 2.05) is 43.3 Å². The first-order valence-electron chi connectivity index (χ1n) is 6.65. The number of hydrogen-bond acceptors (Lipinski definition) is 3. The maximum Gasteiger partial charge on any atom is 0.128 e. The summed E-state index contributed by atoms with van der Waals surface area (Å²) in [6.07, 6.45) is 0.993. The Morgan fingerprint density at radius 2 is 1.95 bits per heavy atom. The van der Waals surface area contributed by atoms with Crippen LogP contribution < -0.4 is 10.5 Å². The van der Waals surface area contributed by atoms with E-state index in [1.54, 1.807) is 0 Å². The topological polar surface area (TPSA) is 48.1 Å². The number of para-hydroxylation sites is 1. The van der Waals surface area contributed by atoms with Gasteiger partial charge in [-0.25, -0.2) is 0 Å². The summed E-state index contributed by atoms with van der Waals surface area (Å²) >= 11 is 0. The molecule has 3 nitrogen and oxygen atoms in total. The summed E-state index contributed by atoms with van der Waals surface area (Å²) in [5.41, 5.74) is 9.69. The molecule has 0 radical (unpaired) electrons. The summed E-state index contributed by atoms with van der Waals surface area (Å²) in [7, 11) is 0. The van der Waals surface area contributed by atoms with Crippen molar-refractivity contribution < 1.29 is 4.74 Å². The molecule has 2 aromatic rings. The molecule has 1 heterocycles. The van der Waals surface area contributed by atoms with E-state index in [-0.39, 0.29) is 0 Å². The van der Waals surface area contributed by atoms with Crippen molar-refractivity contribution in [3.8, 4) is 17.0 Å². The Morgan fingerprint density at radius 1 is 1.16 bits per heavy atom. The lowest BCUT2D eigenvalue weighted by atomic mass is 10.1. The summed E-state index contributed by atoms with van der Waals surface area (Å²) in [4.78, 5) is 4.62. The zero-order chi connectivity index (χ0) is 13.7. The number of nitrogens with two attached hydrogens (primary N) is 1. The van der Waals surface area contributed by atoms with Crippen LogP contribution in [-0.2, 0) is 6.54 Å². The number of aryl methyl sites for hydroxylation is 1. The Bertz CT molecular complexity index is 552. The molecule has 2 rings (SSSR count). The Balaban J connectivity index is 2.38. The highest BCUT2D eigenvalue weighted by molar-refractivity contribution is 5.67. The van der Waals surface area contributed by atoms with Crippen LogP contribution in [-0.4, -0.2) is 11.6 Å². The molecule has 0 aliphatic carbocycles. The van der Waals surface area contributed by atoms with Crippen molar-refractivity contribution in [3.63, 3.8) is 0 Å². The predicted octanol–water partition coefficient (Wildman–Crippen LogP) is 3.30. The number of aromatic nitrogens is 1. The zero-order valence-corrected chi connectivity index (χ0v) is 11.5. The van der Waals surface area contributed by atoms with Gasteiger partial charge in [-0.2, -0.15) is 0 Å². The maximum absolute atomic E-state index is 5.77. The molecule has 1 aromatic heterocycles. The van der Waals surface area contributed by atoms with Crippen molar-refractivity contribution in [3.05, 3.63) is 47.7 Å². The molecular weight excluding hydrogens is 236 g/mol. The highest BCUT2D eigenvalue weighted by atomic mass is 16.5. The summed E-state index contributed by atoms with van der Waals surface area (Å²) in [5.74, 6) is 0.886. The van der Waals surface area contributed by atoms with Gasteiger partial charge in [0.2, 0.25) is 0 Å². The van der Waals surface area contributed by atoms with Crippen LogP contribution in [0.5, 0.6) is 5.75 Å². The molecule has 2 N–H and O–H groups in total. The Labute approximate surface area is 114 Å². The lowest BCUT2D eigenvalue weighted by molar-refractivity contribution is 0.318. The third-order valence-corrected chi connectivity index (χ3v) is 3.04. The zero-order valence-electron chi connectivity index (χ0n) is 11.5. The third-order valence-electron chi connectivity index (χ3n) is 3.04. The van der Waals surface area contributed by atoms with Crippen molar-refractivity contribution in [1.82, 2.24) is 4.98 Å². The minimum absolute atomic E-state index is 0.521. The number of hydrogen-bond donors (Lipinski definition) is 1. The summed E-state index contributed by atoms with van der Waals surface area (Å²) in [6, 6.07) is 12.0. The Kier molecular flexibility index (Phi) is 4.53. The fourth-order valence-electron chi connectivity index (χ4n) is 1.97. The molecule has 0 saturated carbocycles. The van der Waals surface area contributed by atoms with E-state index < -0.39 is 0 Å². The van der Waals surface area contributed by atoms with Crippen molar-refractivity contribution in [2.24, 2.45) is 5.73 Å². The van der Waals surface area contributed by atoms with Crippen LogP contribution in [0.4, 0.5) is 0 Å². The number of benzene rings is 1. The molecule has 0 fully saturated rings. The molecule has 1 aromatic carbocycles. The van der Waals surface area contributed by atoms with Crippen LogP contribution in [0.15, 0.2) is 36.4 Å². The molecule has 0 saturated heterocycles. The van der Waals surface area contributed by atoms with E-state index >= 15 is 0 Å². The van der Waals surface area contributed by atoms with Crippen LogP contribution in [0.2, 0.25) is 0 Å². The van der Waals surface area contributed by atoms with E-state index in [2.05, 4.69) is 11.9 Å². The molecule has 0 unspecified atom stereocenters. The van der Waals surface area contributed by atoms with E-state index in [0.29, 0.717) is 6.54 Å². The predicted molar refractivity (Wildman–Crippen MR) is 78.1 cm³/mol. The Hall–Kier alpha value is -1.87. The van der Waals surface area contributed by atoms with Crippen LogP contribution in [0.3, 0.4) is 0 Å². The van der Waals surface area contributed by atoms with Gasteiger partial charge < -0.3 is 10.5 Å². The van der Waals surface area contributed by atoms with E-state index in [9.17, 15) is 0 Å². The Morgan fingerprint density at radius 3 is 2.63 bits per heavy atom. The van der Waals surface area contributed by atoms with Gasteiger partial charge >= 0.3 is 0 Å². The van der Waals surface area contributed by atoms with Crippen LogP contribution in [0, 0.1) is 6.92 Å². The second kappa shape index (κ2) is 6.34. The fraction of sp³-hybridized carbons (Fsp3) is 0.312. The molecule has 0 amide bonds. The maximum atomic E-state index is 5.77. The quantitative estimate of drug-likeness (QED) is 0.892. The monoisotopic (exact) mass is 256 g/mol. The standard InChI is InChI=1S/C16H20N2O/c1-3-10-19-16-7-5-4-6-14(16)15-9-8-13(11-17)12(2)18-15/h4-9H,3,10-11,17H2,1-2H3. The van der Waals surface area contributed by atoms with Gasteiger partial charge in [-0.05, 0) is 37.1 Å². The average Bonchev–Trinajstić information content (AvgIpc) is 2.45. The third kappa shape index (κ3) is 3.12. The minimum atomic E-state index is 0.521. The van der Waals surface area contributed by atoms with Crippen molar-refractivity contribution in [2.45, 2.75) is 26.8 Å². The van der Waals surface area contributed by atoms with Gasteiger partial charge in [-0.15, -0.1) is 0 Å². The fourth-order valence-corrected chi connectivity index (χ4v) is 1.97. The van der Waals surface area contributed by atoms with Crippen molar-refractivity contribution >= 4 is 0 Å². The van der Waals surface area contributed by atoms with Crippen LogP contribution in [0.1, 0.15) is 24.6 Å². The molecular formula is C16H20N2O. The SMILES string of the molecule is CCCOc1ccccc1-c1ccc(CN)c(C)n1. The van der Waals surface area contributed by atoms with Gasteiger partial charge in [0, 0.05) is 17.8 Å². The first-order valence-corrected chi connectivity index (χ1v) is 6.65. The first kappa shape index (κ1) is 13.6. The van der Waals surface area contributed by atoms with Crippen molar-refractivity contribution in [2.75, 3.05) is 6.61 Å². The molecule has 0 atom stereocenters. The second-order valence-electron chi connectivity index (χ2n) is 4.49. The van der Waals surface area contributed by atoms with Gasteiger partial charge in [0.1, 0.15) is 5.75 Å². The number of nitrogens with zero attached hydrogens (tertiary/aromatic N) is 1. The van der Waals surface area contributed by atoms with Gasteiger partial charge in [0.15, 0.2) is 0 Å². The van der Waals surface area contributed by atoms with Crippen molar-refractivity contribution in [1.29, 1.82) is 0 Å². The second-order valence-corrected chi connectivity index (χ2v) is 4.49. The lowest BCUT2D eigenvalue weighted by Gasteiger charge is -2.11. The van der Waals surface area contributed by atoms with Gasteiger partial charge in [0.25, 0.3) is 0 Å². The normalized spacial score (nSPS) is 10.5. The number of pyridine rings is 1. The molecule has 100 valence electrons. The molecule has 0 bridgehead atoms. The summed E-state index contributed by atoms with van der Waals surface area (Å²) in [6.45, 7) is 5.33. The molecule has 0 aliphatic rings. The van der Waals surface area contributed by atoms with Gasteiger partial charge in [0.05, 0.1) is 12.3 Å². The van der Waals surface area contributed by atoms with Crippen LogP contribution in [0.25, 0.3) is 11.3 Å². The molecule has 0 aliphatic heterocycles. The number of ether oxygens (including phenoxy) is 1. The summed E-state index contributed by atoms with van der Waals surface area (Å²) in [5, 5.41) is 0. The average molecular weight is 256 g/mol. The highest BCUT2D eigenvalue weighted by Gasteiger charge is 2.08. The smallest absolute Gasteiger partial charge is 0.128 e. The molecule has 3 heteroatoms. The lowest BCUT2D eigenvalue weighted by Crippen LogP contribution is -2.02. The van der Waals surface area contributed by atoms with Gasteiger partial charge in [-0.3, -0.25) is 4.98 Å².